The molecule has 100 valence electrons. The SMILES string of the molecule is COc1ccc(-c2cccc(C)c2)c2ncnc(N)c12. The molecule has 4 nitrogen and oxygen atoms in total. The minimum atomic E-state index is 0.432. The highest BCUT2D eigenvalue weighted by molar-refractivity contribution is 6.02. The van der Waals surface area contributed by atoms with Gasteiger partial charge in [0.15, 0.2) is 0 Å². The summed E-state index contributed by atoms with van der Waals surface area (Å²) < 4.78 is 5.36. The molecule has 1 heterocycles. The molecule has 0 aliphatic heterocycles. The molecule has 0 saturated carbocycles. The van der Waals surface area contributed by atoms with Crippen LogP contribution in [-0.4, -0.2) is 17.1 Å². The predicted octanol–water partition coefficient (Wildman–Crippen LogP) is 3.20. The van der Waals surface area contributed by atoms with Gasteiger partial charge >= 0.3 is 0 Å². The second-order valence-electron chi connectivity index (χ2n) is 4.67. The number of rotatable bonds is 2. The molecule has 2 N–H and O–H groups in total. The first kappa shape index (κ1) is 12.4. The number of aromatic nitrogens is 2. The van der Waals surface area contributed by atoms with Gasteiger partial charge in [-0.05, 0) is 24.6 Å². The van der Waals surface area contributed by atoms with Gasteiger partial charge in [-0.2, -0.15) is 0 Å². The topological polar surface area (TPSA) is 61.0 Å². The number of nitrogens with two attached hydrogens (primary N) is 1. The number of hydrogen-bond acceptors (Lipinski definition) is 4. The van der Waals surface area contributed by atoms with Crippen molar-refractivity contribution < 1.29 is 4.74 Å². The van der Waals surface area contributed by atoms with Crippen LogP contribution in [0.2, 0.25) is 0 Å². The first-order valence-electron chi connectivity index (χ1n) is 6.35. The standard InChI is InChI=1S/C16H15N3O/c1-10-4-3-5-11(8-10)12-6-7-13(20-2)14-15(12)18-9-19-16(14)17/h3-9H,1-2H3,(H2,17,18,19). The molecular formula is C16H15N3O. The van der Waals surface area contributed by atoms with E-state index in [0.29, 0.717) is 11.6 Å². The molecular weight excluding hydrogens is 250 g/mol. The number of anilines is 1. The van der Waals surface area contributed by atoms with E-state index in [0.717, 1.165) is 22.0 Å². The van der Waals surface area contributed by atoms with Crippen LogP contribution in [0.25, 0.3) is 22.0 Å². The van der Waals surface area contributed by atoms with E-state index in [2.05, 4.69) is 35.1 Å². The minimum Gasteiger partial charge on any atom is -0.496 e. The van der Waals surface area contributed by atoms with Crippen LogP contribution in [0.5, 0.6) is 5.75 Å². The smallest absolute Gasteiger partial charge is 0.138 e. The van der Waals surface area contributed by atoms with Gasteiger partial charge in [-0.25, -0.2) is 9.97 Å². The van der Waals surface area contributed by atoms with Crippen molar-refractivity contribution in [2.45, 2.75) is 6.92 Å². The van der Waals surface area contributed by atoms with Gasteiger partial charge in [0, 0.05) is 5.56 Å². The molecule has 0 amide bonds. The lowest BCUT2D eigenvalue weighted by atomic mass is 10.00. The van der Waals surface area contributed by atoms with Crippen LogP contribution in [0.3, 0.4) is 0 Å². The van der Waals surface area contributed by atoms with Crippen LogP contribution in [0.15, 0.2) is 42.7 Å². The summed E-state index contributed by atoms with van der Waals surface area (Å²) in [6.45, 7) is 2.07. The lowest BCUT2D eigenvalue weighted by molar-refractivity contribution is 0.420. The Morgan fingerprint density at radius 2 is 1.95 bits per heavy atom. The molecule has 0 spiro atoms. The molecule has 20 heavy (non-hydrogen) atoms. The third kappa shape index (κ3) is 1.95. The predicted molar refractivity (Wildman–Crippen MR) is 80.7 cm³/mol. The maximum absolute atomic E-state index is 5.98. The molecule has 3 aromatic rings. The van der Waals surface area contributed by atoms with Crippen molar-refractivity contribution in [2.75, 3.05) is 12.8 Å². The van der Waals surface area contributed by atoms with Gasteiger partial charge in [0.2, 0.25) is 0 Å². The largest absolute Gasteiger partial charge is 0.496 e. The summed E-state index contributed by atoms with van der Waals surface area (Å²) in [5.41, 5.74) is 10.1. The second kappa shape index (κ2) is 4.81. The zero-order chi connectivity index (χ0) is 14.1. The zero-order valence-corrected chi connectivity index (χ0v) is 11.4. The number of benzene rings is 2. The Bertz CT molecular complexity index is 784. The molecule has 0 atom stereocenters. The summed E-state index contributed by atoms with van der Waals surface area (Å²) >= 11 is 0. The number of aryl methyl sites for hydroxylation is 1. The van der Waals surface area contributed by atoms with Gasteiger partial charge in [0.1, 0.15) is 17.9 Å². The fourth-order valence-electron chi connectivity index (χ4n) is 2.38. The highest BCUT2D eigenvalue weighted by Gasteiger charge is 2.12. The molecule has 0 aliphatic rings. The third-order valence-electron chi connectivity index (χ3n) is 3.33. The van der Waals surface area contributed by atoms with Crippen molar-refractivity contribution in [1.82, 2.24) is 9.97 Å². The molecule has 3 rings (SSSR count). The van der Waals surface area contributed by atoms with E-state index < -0.39 is 0 Å². The highest BCUT2D eigenvalue weighted by atomic mass is 16.5. The molecule has 0 bridgehead atoms. The van der Waals surface area contributed by atoms with Gasteiger partial charge in [-0.15, -0.1) is 0 Å². The molecule has 0 unspecified atom stereocenters. The van der Waals surface area contributed by atoms with E-state index in [1.54, 1.807) is 7.11 Å². The van der Waals surface area contributed by atoms with Crippen molar-refractivity contribution in [1.29, 1.82) is 0 Å². The Hall–Kier alpha value is -2.62. The van der Waals surface area contributed by atoms with Gasteiger partial charge in [-0.3, -0.25) is 0 Å². The van der Waals surface area contributed by atoms with E-state index in [1.807, 2.05) is 18.2 Å². The van der Waals surface area contributed by atoms with Crippen molar-refractivity contribution in [3.05, 3.63) is 48.3 Å². The van der Waals surface area contributed by atoms with Crippen LogP contribution < -0.4 is 10.5 Å². The first-order chi connectivity index (χ1) is 9.70. The maximum atomic E-state index is 5.98. The molecule has 0 saturated heterocycles. The summed E-state index contributed by atoms with van der Waals surface area (Å²) in [4.78, 5) is 8.44. The fraction of sp³-hybridized carbons (Fsp3) is 0.125. The fourth-order valence-corrected chi connectivity index (χ4v) is 2.38. The van der Waals surface area contributed by atoms with Crippen LogP contribution in [0, 0.1) is 6.92 Å². The Morgan fingerprint density at radius 3 is 2.70 bits per heavy atom. The van der Waals surface area contributed by atoms with E-state index in [4.69, 9.17) is 10.5 Å². The van der Waals surface area contributed by atoms with Crippen LogP contribution in [0.1, 0.15) is 5.56 Å². The van der Waals surface area contributed by atoms with E-state index in [1.165, 1.54) is 11.9 Å². The summed E-state index contributed by atoms with van der Waals surface area (Å²) in [5, 5.41) is 0.758. The van der Waals surface area contributed by atoms with E-state index in [-0.39, 0.29) is 0 Å². The minimum absolute atomic E-state index is 0.432. The highest BCUT2D eigenvalue weighted by Crippen LogP contribution is 2.35. The Kier molecular flexibility index (Phi) is 2.99. The van der Waals surface area contributed by atoms with E-state index >= 15 is 0 Å². The molecule has 2 aromatic carbocycles. The van der Waals surface area contributed by atoms with Crippen LogP contribution in [-0.2, 0) is 0 Å². The van der Waals surface area contributed by atoms with Gasteiger partial charge in [0.25, 0.3) is 0 Å². The molecule has 0 aliphatic carbocycles. The monoisotopic (exact) mass is 265 g/mol. The summed E-state index contributed by atoms with van der Waals surface area (Å²) in [6, 6.07) is 12.2. The molecule has 4 heteroatoms. The number of ether oxygens (including phenoxy) is 1. The lowest BCUT2D eigenvalue weighted by Crippen LogP contribution is -1.97. The number of nitrogen functional groups attached to an aromatic ring is 1. The maximum Gasteiger partial charge on any atom is 0.138 e. The van der Waals surface area contributed by atoms with Crippen molar-refractivity contribution in [3.8, 4) is 16.9 Å². The summed E-state index contributed by atoms with van der Waals surface area (Å²) in [6.07, 6.45) is 1.48. The van der Waals surface area contributed by atoms with Gasteiger partial charge in [0.05, 0.1) is 18.0 Å². The van der Waals surface area contributed by atoms with Gasteiger partial charge in [-0.1, -0.05) is 29.8 Å². The number of methoxy groups -OCH3 is 1. The molecule has 0 radical (unpaired) electrons. The molecule has 1 aromatic heterocycles. The Labute approximate surface area is 117 Å². The Balaban J connectivity index is 2.36. The molecule has 0 fully saturated rings. The summed E-state index contributed by atoms with van der Waals surface area (Å²) in [7, 11) is 1.62. The lowest BCUT2D eigenvalue weighted by Gasteiger charge is -2.11. The average molecular weight is 265 g/mol. The van der Waals surface area contributed by atoms with E-state index in [9.17, 15) is 0 Å². The van der Waals surface area contributed by atoms with Crippen molar-refractivity contribution in [2.24, 2.45) is 0 Å². The Morgan fingerprint density at radius 1 is 1.10 bits per heavy atom. The average Bonchev–Trinajstić information content (AvgIpc) is 2.46. The first-order valence-corrected chi connectivity index (χ1v) is 6.35. The van der Waals surface area contributed by atoms with Gasteiger partial charge < -0.3 is 10.5 Å². The zero-order valence-electron chi connectivity index (χ0n) is 11.4. The summed E-state index contributed by atoms with van der Waals surface area (Å²) in [5.74, 6) is 1.12. The number of nitrogens with zero attached hydrogens (tertiary/aromatic N) is 2. The van der Waals surface area contributed by atoms with Crippen molar-refractivity contribution >= 4 is 16.7 Å². The number of fused-ring (bicyclic) bond motifs is 1. The van der Waals surface area contributed by atoms with Crippen LogP contribution in [0.4, 0.5) is 5.82 Å². The number of hydrogen-bond donors (Lipinski definition) is 1. The quantitative estimate of drug-likeness (QED) is 0.773. The third-order valence-corrected chi connectivity index (χ3v) is 3.33. The van der Waals surface area contributed by atoms with Crippen LogP contribution >= 0.6 is 0 Å². The normalized spacial score (nSPS) is 10.7. The second-order valence-corrected chi connectivity index (χ2v) is 4.67. The van der Waals surface area contributed by atoms with Crippen molar-refractivity contribution in [3.63, 3.8) is 0 Å².